The Morgan fingerprint density at radius 3 is 2.81 bits per heavy atom. The molecule has 2 aliphatic heterocycles. The van der Waals surface area contributed by atoms with E-state index in [0.29, 0.717) is 6.10 Å². The molecule has 2 heterocycles. The minimum Gasteiger partial charge on any atom is -0.378 e. The van der Waals surface area contributed by atoms with Gasteiger partial charge in [-0.15, -0.1) is 0 Å². The fourth-order valence-electron chi connectivity index (χ4n) is 4.29. The van der Waals surface area contributed by atoms with Gasteiger partial charge in [0.1, 0.15) is 0 Å². The molecule has 1 atom stereocenters. The number of hydrogen-bond acceptors (Lipinski definition) is 4. The summed E-state index contributed by atoms with van der Waals surface area (Å²) in [5, 5.41) is 3.26. The minimum absolute atomic E-state index is 0.0250. The van der Waals surface area contributed by atoms with Gasteiger partial charge in [0.15, 0.2) is 0 Å². The lowest BCUT2D eigenvalue weighted by atomic mass is 9.74. The van der Waals surface area contributed by atoms with E-state index in [-0.39, 0.29) is 11.3 Å². The van der Waals surface area contributed by atoms with Gasteiger partial charge >= 0.3 is 0 Å². The van der Waals surface area contributed by atoms with E-state index >= 15 is 0 Å². The second kappa shape index (κ2) is 9.77. The normalized spacial score (nSPS) is 22.7. The van der Waals surface area contributed by atoms with E-state index in [1.165, 1.54) is 6.42 Å². The Labute approximate surface area is 176 Å². The van der Waals surface area contributed by atoms with Gasteiger partial charge in [-0.05, 0) is 72.0 Å². The summed E-state index contributed by atoms with van der Waals surface area (Å²) in [6.45, 7) is 8.00. The first-order valence-corrected chi connectivity index (χ1v) is 11.8. The molecule has 2 aliphatic rings. The first-order chi connectivity index (χ1) is 13.0. The van der Waals surface area contributed by atoms with Gasteiger partial charge in [-0.1, -0.05) is 31.0 Å². The van der Waals surface area contributed by atoms with E-state index in [2.05, 4.69) is 32.5 Å². The number of piperidine rings is 1. The van der Waals surface area contributed by atoms with Crippen molar-refractivity contribution in [1.82, 2.24) is 9.62 Å². The third-order valence-electron chi connectivity index (χ3n) is 5.85. The molecule has 150 valence electrons. The number of aryl methyl sites for hydroxylation is 1. The summed E-state index contributed by atoms with van der Waals surface area (Å²) in [6, 6.07) is 5.89. The zero-order chi connectivity index (χ0) is 19.3. The van der Waals surface area contributed by atoms with Gasteiger partial charge in [-0.25, -0.2) is 0 Å². The number of carbonyl (C=O) groups is 1. The molecule has 0 bridgehead atoms. The molecule has 0 radical (unpaired) electrons. The van der Waals surface area contributed by atoms with E-state index in [0.717, 1.165) is 73.3 Å². The van der Waals surface area contributed by atoms with Gasteiger partial charge in [-0.2, -0.15) is 0 Å². The highest BCUT2D eigenvalue weighted by Gasteiger charge is 2.38. The van der Waals surface area contributed by atoms with Crippen molar-refractivity contribution in [2.75, 3.05) is 32.0 Å². The first kappa shape index (κ1) is 21.2. The van der Waals surface area contributed by atoms with Crippen molar-refractivity contribution in [3.05, 3.63) is 33.8 Å². The molecule has 1 unspecified atom stereocenters. The van der Waals surface area contributed by atoms with Gasteiger partial charge < -0.3 is 10.1 Å². The summed E-state index contributed by atoms with van der Waals surface area (Å²) in [5.74, 6) is 1.15. The topological polar surface area (TPSA) is 41.6 Å². The Kier molecular flexibility index (Phi) is 7.65. The lowest BCUT2D eigenvalue weighted by Crippen LogP contribution is -2.46. The number of amides is 1. The summed E-state index contributed by atoms with van der Waals surface area (Å²) in [4.78, 5) is 12.9. The van der Waals surface area contributed by atoms with Crippen LogP contribution in [0.15, 0.2) is 22.7 Å². The average molecular weight is 455 g/mol. The van der Waals surface area contributed by atoms with E-state index < -0.39 is 0 Å². The van der Waals surface area contributed by atoms with Crippen molar-refractivity contribution < 1.29 is 9.53 Å². The molecule has 6 heteroatoms. The number of nitrogens with one attached hydrogen (secondary N) is 1. The Balaban J connectivity index is 1.67. The standard InChI is InChI=1S/C21H31BrN2O2S/c1-3-27-24-11-9-21(10-12-24,14-17-7-5-13-26-17)15-23-20(25)19-16(2)6-4-8-18(19)22/h4,6,8,17H,3,5,7,9-15H2,1-2H3,(H,23,25). The minimum atomic E-state index is 0.0250. The number of carbonyl (C=O) groups excluding carboxylic acids is 1. The van der Waals surface area contributed by atoms with Gasteiger partial charge in [0.2, 0.25) is 0 Å². The van der Waals surface area contributed by atoms with Crippen LogP contribution in [-0.4, -0.2) is 48.3 Å². The molecule has 0 saturated carbocycles. The van der Waals surface area contributed by atoms with E-state index in [1.807, 2.05) is 37.1 Å². The molecule has 0 spiro atoms. The van der Waals surface area contributed by atoms with Crippen molar-refractivity contribution in [3.8, 4) is 0 Å². The second-order valence-electron chi connectivity index (χ2n) is 7.80. The first-order valence-electron chi connectivity index (χ1n) is 10.1. The summed E-state index contributed by atoms with van der Waals surface area (Å²) >= 11 is 5.46. The number of halogens is 1. The quantitative estimate of drug-likeness (QED) is 0.600. The lowest BCUT2D eigenvalue weighted by molar-refractivity contribution is 0.0372. The lowest BCUT2D eigenvalue weighted by Gasteiger charge is -2.42. The molecule has 1 aromatic rings. The fraction of sp³-hybridized carbons (Fsp3) is 0.667. The Bertz CT molecular complexity index is 621. The van der Waals surface area contributed by atoms with Gasteiger partial charge in [0.05, 0.1) is 11.7 Å². The third-order valence-corrected chi connectivity index (χ3v) is 7.50. The molecule has 1 amide bonds. The zero-order valence-electron chi connectivity index (χ0n) is 16.4. The maximum absolute atomic E-state index is 12.9. The van der Waals surface area contributed by atoms with Crippen LogP contribution in [0, 0.1) is 12.3 Å². The van der Waals surface area contributed by atoms with Crippen LogP contribution in [0.5, 0.6) is 0 Å². The summed E-state index contributed by atoms with van der Waals surface area (Å²) in [6.07, 6.45) is 5.99. The molecular formula is C21H31BrN2O2S. The number of hydrogen-bond donors (Lipinski definition) is 1. The molecule has 0 aliphatic carbocycles. The Morgan fingerprint density at radius 2 is 2.19 bits per heavy atom. The highest BCUT2D eigenvalue weighted by Crippen LogP contribution is 2.40. The smallest absolute Gasteiger partial charge is 0.252 e. The summed E-state index contributed by atoms with van der Waals surface area (Å²) in [7, 11) is 0. The van der Waals surface area contributed by atoms with Crippen LogP contribution in [-0.2, 0) is 4.74 Å². The molecule has 1 N–H and O–H groups in total. The summed E-state index contributed by atoms with van der Waals surface area (Å²) in [5.41, 5.74) is 1.90. The maximum atomic E-state index is 12.9. The van der Waals surface area contributed by atoms with Gasteiger partial charge in [0, 0.05) is 36.5 Å². The van der Waals surface area contributed by atoms with Crippen LogP contribution in [0.2, 0.25) is 0 Å². The molecule has 4 nitrogen and oxygen atoms in total. The molecule has 27 heavy (non-hydrogen) atoms. The Hall–Kier alpha value is -0.560. The van der Waals surface area contributed by atoms with Crippen molar-refractivity contribution in [1.29, 1.82) is 0 Å². The van der Waals surface area contributed by atoms with Crippen LogP contribution >= 0.6 is 27.9 Å². The van der Waals surface area contributed by atoms with Crippen LogP contribution in [0.3, 0.4) is 0 Å². The van der Waals surface area contributed by atoms with Crippen molar-refractivity contribution in [2.24, 2.45) is 5.41 Å². The van der Waals surface area contributed by atoms with E-state index in [1.54, 1.807) is 0 Å². The van der Waals surface area contributed by atoms with Crippen LogP contribution in [0.25, 0.3) is 0 Å². The SMILES string of the molecule is CCSN1CCC(CNC(=O)c2c(C)cccc2Br)(CC2CCCO2)CC1. The summed E-state index contributed by atoms with van der Waals surface area (Å²) < 4.78 is 9.29. The largest absolute Gasteiger partial charge is 0.378 e. The van der Waals surface area contributed by atoms with E-state index in [9.17, 15) is 4.79 Å². The third kappa shape index (κ3) is 5.49. The van der Waals surface area contributed by atoms with Gasteiger partial charge in [-0.3, -0.25) is 9.10 Å². The predicted octanol–water partition coefficient (Wildman–Crippen LogP) is 4.81. The van der Waals surface area contributed by atoms with Crippen molar-refractivity contribution in [3.63, 3.8) is 0 Å². The van der Waals surface area contributed by atoms with Crippen LogP contribution in [0.1, 0.15) is 54.9 Å². The molecule has 2 saturated heterocycles. The molecule has 2 fully saturated rings. The number of benzene rings is 1. The van der Waals surface area contributed by atoms with Crippen LogP contribution in [0.4, 0.5) is 0 Å². The van der Waals surface area contributed by atoms with E-state index in [4.69, 9.17) is 4.74 Å². The molecule has 0 aromatic heterocycles. The highest BCUT2D eigenvalue weighted by atomic mass is 79.9. The Morgan fingerprint density at radius 1 is 1.41 bits per heavy atom. The number of rotatable bonds is 7. The van der Waals surface area contributed by atoms with Gasteiger partial charge in [0.25, 0.3) is 5.91 Å². The fourth-order valence-corrected chi connectivity index (χ4v) is 5.74. The monoisotopic (exact) mass is 454 g/mol. The molecule has 3 rings (SSSR count). The van der Waals surface area contributed by atoms with Crippen LogP contribution < -0.4 is 5.32 Å². The average Bonchev–Trinajstić information content (AvgIpc) is 3.15. The van der Waals surface area contributed by atoms with Crippen molar-refractivity contribution >= 4 is 33.8 Å². The highest BCUT2D eigenvalue weighted by molar-refractivity contribution is 9.10. The molecular weight excluding hydrogens is 424 g/mol. The molecule has 1 aromatic carbocycles. The maximum Gasteiger partial charge on any atom is 0.252 e. The number of nitrogens with zero attached hydrogens (tertiary/aromatic N) is 1. The predicted molar refractivity (Wildman–Crippen MR) is 116 cm³/mol. The second-order valence-corrected chi connectivity index (χ2v) is 10.0. The zero-order valence-corrected chi connectivity index (χ0v) is 18.8. The number of ether oxygens (including phenoxy) is 1. The van der Waals surface area contributed by atoms with Crippen molar-refractivity contribution in [2.45, 2.75) is 52.1 Å².